The van der Waals surface area contributed by atoms with E-state index in [2.05, 4.69) is 12.2 Å². The molecule has 4 amide bonds. The molecule has 0 radical (unpaired) electrons. The number of amides is 4. The van der Waals surface area contributed by atoms with Crippen LogP contribution in [-0.2, 0) is 22.6 Å². The van der Waals surface area contributed by atoms with Crippen molar-refractivity contribution < 1.29 is 14.4 Å². The van der Waals surface area contributed by atoms with Gasteiger partial charge in [-0.25, -0.2) is 4.79 Å². The van der Waals surface area contributed by atoms with Crippen molar-refractivity contribution >= 4 is 17.8 Å². The summed E-state index contributed by atoms with van der Waals surface area (Å²) in [5.74, 6) is -0.567. The summed E-state index contributed by atoms with van der Waals surface area (Å²) in [5, 5.41) is 2.74. The Morgan fingerprint density at radius 3 is 2.12 bits per heavy atom. The molecule has 2 rings (SSSR count). The molecule has 1 fully saturated rings. The van der Waals surface area contributed by atoms with Gasteiger partial charge in [-0.05, 0) is 30.4 Å². The molecule has 0 aliphatic carbocycles. The quantitative estimate of drug-likeness (QED) is 0.771. The summed E-state index contributed by atoms with van der Waals surface area (Å²) in [7, 11) is 1.68. The Balaban J connectivity index is 2.00. The van der Waals surface area contributed by atoms with Crippen LogP contribution < -0.4 is 5.32 Å². The number of benzene rings is 1. The third kappa shape index (κ3) is 3.83. The second kappa shape index (κ2) is 7.68. The van der Waals surface area contributed by atoms with E-state index in [9.17, 15) is 14.4 Å². The van der Waals surface area contributed by atoms with Crippen LogP contribution in [0.15, 0.2) is 24.3 Å². The molecule has 136 valence electrons. The van der Waals surface area contributed by atoms with Gasteiger partial charge in [0, 0.05) is 13.6 Å². The van der Waals surface area contributed by atoms with E-state index in [1.165, 1.54) is 5.56 Å². The van der Waals surface area contributed by atoms with Crippen LogP contribution in [-0.4, -0.2) is 46.8 Å². The standard InChI is InChI=1S/C19H27N3O3/c1-5-14-8-10-15(11-9-14)12-21(4)16(23)13-22-17(24)19(6-2,7-3)20-18(22)25/h8-11H,5-7,12-13H2,1-4H3,(H,20,25). The predicted octanol–water partition coefficient (Wildman–Crippen LogP) is 2.32. The van der Waals surface area contributed by atoms with Crippen molar-refractivity contribution in [1.29, 1.82) is 0 Å². The largest absolute Gasteiger partial charge is 0.340 e. The van der Waals surface area contributed by atoms with Crippen LogP contribution in [0.3, 0.4) is 0 Å². The van der Waals surface area contributed by atoms with Crippen LogP contribution in [0.5, 0.6) is 0 Å². The average molecular weight is 345 g/mol. The third-order valence-corrected chi connectivity index (χ3v) is 5.02. The maximum atomic E-state index is 12.6. The number of carbonyl (C=O) groups excluding carboxylic acids is 3. The number of nitrogens with zero attached hydrogens (tertiary/aromatic N) is 2. The molecule has 1 aliphatic rings. The van der Waals surface area contributed by atoms with Gasteiger partial charge in [-0.3, -0.25) is 14.5 Å². The predicted molar refractivity (Wildman–Crippen MR) is 95.9 cm³/mol. The lowest BCUT2D eigenvalue weighted by Gasteiger charge is -2.24. The zero-order chi connectivity index (χ0) is 18.6. The molecule has 1 aliphatic heterocycles. The molecule has 1 aromatic rings. The van der Waals surface area contributed by atoms with E-state index < -0.39 is 11.6 Å². The second-order valence-electron chi connectivity index (χ2n) is 6.53. The number of nitrogens with one attached hydrogen (secondary N) is 1. The fourth-order valence-electron chi connectivity index (χ4n) is 3.05. The summed E-state index contributed by atoms with van der Waals surface area (Å²) in [6, 6.07) is 7.59. The highest BCUT2D eigenvalue weighted by molar-refractivity contribution is 6.08. The maximum Gasteiger partial charge on any atom is 0.325 e. The van der Waals surface area contributed by atoms with Crippen molar-refractivity contribution in [3.05, 3.63) is 35.4 Å². The molecular weight excluding hydrogens is 318 g/mol. The Bertz CT molecular complexity index is 650. The molecule has 0 atom stereocenters. The van der Waals surface area contributed by atoms with Crippen LogP contribution in [0.4, 0.5) is 4.79 Å². The summed E-state index contributed by atoms with van der Waals surface area (Å²) < 4.78 is 0. The van der Waals surface area contributed by atoms with Crippen molar-refractivity contribution in [2.24, 2.45) is 0 Å². The van der Waals surface area contributed by atoms with E-state index in [1.807, 2.05) is 38.1 Å². The number of hydrogen-bond acceptors (Lipinski definition) is 3. The van der Waals surface area contributed by atoms with Crippen molar-refractivity contribution in [3.63, 3.8) is 0 Å². The monoisotopic (exact) mass is 345 g/mol. The fraction of sp³-hybridized carbons (Fsp3) is 0.526. The van der Waals surface area contributed by atoms with E-state index >= 15 is 0 Å². The molecule has 1 heterocycles. The number of aryl methyl sites for hydroxylation is 1. The molecule has 6 heteroatoms. The smallest absolute Gasteiger partial charge is 0.325 e. The van der Waals surface area contributed by atoms with E-state index in [4.69, 9.17) is 0 Å². The Hall–Kier alpha value is -2.37. The Morgan fingerprint density at radius 1 is 1.08 bits per heavy atom. The van der Waals surface area contributed by atoms with Gasteiger partial charge in [0.15, 0.2) is 0 Å². The van der Waals surface area contributed by atoms with Gasteiger partial charge in [-0.15, -0.1) is 0 Å². The molecular formula is C19H27N3O3. The zero-order valence-electron chi connectivity index (χ0n) is 15.5. The molecule has 0 saturated carbocycles. The highest BCUT2D eigenvalue weighted by Crippen LogP contribution is 2.24. The molecule has 0 bridgehead atoms. The number of carbonyl (C=O) groups is 3. The van der Waals surface area contributed by atoms with Crippen molar-refractivity contribution in [2.75, 3.05) is 13.6 Å². The summed E-state index contributed by atoms with van der Waals surface area (Å²) in [6.45, 7) is 6.03. The lowest BCUT2D eigenvalue weighted by Crippen LogP contribution is -2.46. The minimum Gasteiger partial charge on any atom is -0.340 e. The Labute approximate surface area is 149 Å². The van der Waals surface area contributed by atoms with Gasteiger partial charge in [0.1, 0.15) is 12.1 Å². The summed E-state index contributed by atoms with van der Waals surface area (Å²) in [4.78, 5) is 39.7. The van der Waals surface area contributed by atoms with Gasteiger partial charge in [-0.1, -0.05) is 45.0 Å². The zero-order valence-corrected chi connectivity index (χ0v) is 15.5. The van der Waals surface area contributed by atoms with Crippen LogP contribution in [0.1, 0.15) is 44.7 Å². The molecule has 1 aromatic carbocycles. The Morgan fingerprint density at radius 2 is 1.64 bits per heavy atom. The molecule has 0 spiro atoms. The van der Waals surface area contributed by atoms with Gasteiger partial charge in [0.05, 0.1) is 0 Å². The maximum absolute atomic E-state index is 12.6. The number of likely N-dealkylation sites (N-methyl/N-ethyl adjacent to an activating group) is 1. The number of rotatable bonds is 7. The van der Waals surface area contributed by atoms with Gasteiger partial charge in [0.25, 0.3) is 5.91 Å². The van der Waals surface area contributed by atoms with Gasteiger partial charge < -0.3 is 10.2 Å². The van der Waals surface area contributed by atoms with Crippen LogP contribution in [0, 0.1) is 0 Å². The minimum atomic E-state index is -0.869. The van der Waals surface area contributed by atoms with Crippen LogP contribution in [0.2, 0.25) is 0 Å². The van der Waals surface area contributed by atoms with Gasteiger partial charge in [-0.2, -0.15) is 0 Å². The first-order valence-corrected chi connectivity index (χ1v) is 8.82. The third-order valence-electron chi connectivity index (χ3n) is 5.02. The summed E-state index contributed by atoms with van der Waals surface area (Å²) in [5.41, 5.74) is 1.39. The molecule has 1 saturated heterocycles. The lowest BCUT2D eigenvalue weighted by atomic mass is 9.93. The van der Waals surface area contributed by atoms with E-state index in [1.54, 1.807) is 11.9 Å². The first-order chi connectivity index (χ1) is 11.9. The summed E-state index contributed by atoms with van der Waals surface area (Å²) >= 11 is 0. The normalized spacial score (nSPS) is 16.1. The molecule has 0 unspecified atom stereocenters. The fourth-order valence-corrected chi connectivity index (χ4v) is 3.05. The number of urea groups is 1. The SMILES string of the molecule is CCc1ccc(CN(C)C(=O)CN2C(=O)NC(CC)(CC)C2=O)cc1. The molecule has 0 aromatic heterocycles. The highest BCUT2D eigenvalue weighted by atomic mass is 16.2. The van der Waals surface area contributed by atoms with Crippen molar-refractivity contribution in [2.45, 2.75) is 52.1 Å². The molecule has 6 nitrogen and oxygen atoms in total. The van der Waals surface area contributed by atoms with Gasteiger partial charge >= 0.3 is 6.03 Å². The van der Waals surface area contributed by atoms with Gasteiger partial charge in [0.2, 0.25) is 5.91 Å². The summed E-state index contributed by atoms with van der Waals surface area (Å²) in [6.07, 6.45) is 1.99. The molecule has 1 N–H and O–H groups in total. The topological polar surface area (TPSA) is 69.7 Å². The van der Waals surface area contributed by atoms with E-state index in [0.717, 1.165) is 16.9 Å². The second-order valence-corrected chi connectivity index (χ2v) is 6.53. The first-order valence-electron chi connectivity index (χ1n) is 8.82. The first kappa shape index (κ1) is 19.0. The number of imide groups is 1. The van der Waals surface area contributed by atoms with E-state index in [0.29, 0.717) is 19.4 Å². The van der Waals surface area contributed by atoms with Crippen LogP contribution >= 0.6 is 0 Å². The minimum absolute atomic E-state index is 0.226. The average Bonchev–Trinajstić information content (AvgIpc) is 2.86. The van der Waals surface area contributed by atoms with Crippen LogP contribution in [0.25, 0.3) is 0 Å². The van der Waals surface area contributed by atoms with Crippen molar-refractivity contribution in [3.8, 4) is 0 Å². The van der Waals surface area contributed by atoms with E-state index in [-0.39, 0.29) is 18.4 Å². The molecule has 25 heavy (non-hydrogen) atoms. The van der Waals surface area contributed by atoms with Crippen molar-refractivity contribution in [1.82, 2.24) is 15.1 Å². The number of hydrogen-bond donors (Lipinski definition) is 1. The highest BCUT2D eigenvalue weighted by Gasteiger charge is 2.49. The Kier molecular flexibility index (Phi) is 5.82. The lowest BCUT2D eigenvalue weighted by molar-refractivity contribution is -0.138.